The van der Waals surface area contributed by atoms with Crippen LogP contribution >= 0.6 is 11.8 Å². The minimum Gasteiger partial charge on any atom is -0.325 e. The van der Waals surface area contributed by atoms with Crippen LogP contribution in [0, 0.1) is 0 Å². The monoisotopic (exact) mass is 359 g/mol. The Kier molecular flexibility index (Phi) is 5.43. The van der Waals surface area contributed by atoms with Crippen molar-refractivity contribution < 1.29 is 4.79 Å². The third-order valence-corrected chi connectivity index (χ3v) is 5.67. The first-order valence-corrected chi connectivity index (χ1v) is 9.24. The van der Waals surface area contributed by atoms with Gasteiger partial charge >= 0.3 is 5.69 Å². The van der Waals surface area contributed by atoms with Crippen LogP contribution in [-0.4, -0.2) is 20.3 Å². The minimum absolute atomic E-state index is 0.133. The average molecular weight is 359 g/mol. The standard InChI is InChI=1S/C18H21N3O3S/c1-20-17(23)10-11-21(18(20)24)12-16(22)19-13-6-8-15(9-7-13)25-14-4-2-3-5-14/h6-11,14H,2-5,12H2,1H3,(H,19,22). The molecular formula is C18H21N3O3S. The van der Waals surface area contributed by atoms with Crippen molar-refractivity contribution in [3.63, 3.8) is 0 Å². The quantitative estimate of drug-likeness (QED) is 0.888. The summed E-state index contributed by atoms with van der Waals surface area (Å²) in [5, 5.41) is 3.48. The highest BCUT2D eigenvalue weighted by Crippen LogP contribution is 2.34. The fourth-order valence-corrected chi connectivity index (χ4v) is 4.15. The lowest BCUT2D eigenvalue weighted by Gasteiger charge is -2.10. The maximum absolute atomic E-state index is 12.1. The number of rotatable bonds is 5. The molecule has 1 saturated carbocycles. The molecule has 0 unspecified atom stereocenters. The molecule has 0 aliphatic heterocycles. The molecule has 25 heavy (non-hydrogen) atoms. The SMILES string of the molecule is Cn1c(=O)ccn(CC(=O)Nc2ccc(SC3CCCC3)cc2)c1=O. The highest BCUT2D eigenvalue weighted by atomic mass is 32.2. The van der Waals surface area contributed by atoms with Gasteiger partial charge < -0.3 is 5.32 Å². The van der Waals surface area contributed by atoms with Crippen LogP contribution in [0.2, 0.25) is 0 Å². The Morgan fingerprint density at radius 1 is 1.16 bits per heavy atom. The first kappa shape index (κ1) is 17.5. The number of carbonyl (C=O) groups is 1. The molecule has 2 aromatic rings. The van der Waals surface area contributed by atoms with Gasteiger partial charge in [0.2, 0.25) is 5.91 Å². The summed E-state index contributed by atoms with van der Waals surface area (Å²) < 4.78 is 2.18. The maximum Gasteiger partial charge on any atom is 0.331 e. The molecule has 1 aromatic carbocycles. The van der Waals surface area contributed by atoms with Crippen LogP contribution in [0.5, 0.6) is 0 Å². The molecule has 0 spiro atoms. The van der Waals surface area contributed by atoms with Crippen LogP contribution in [0.25, 0.3) is 0 Å². The van der Waals surface area contributed by atoms with Gasteiger partial charge in [-0.2, -0.15) is 0 Å². The molecule has 1 fully saturated rings. The summed E-state index contributed by atoms with van der Waals surface area (Å²) in [6.45, 7) is -0.133. The number of nitrogens with zero attached hydrogens (tertiary/aromatic N) is 2. The van der Waals surface area contributed by atoms with Gasteiger partial charge in [-0.25, -0.2) is 4.79 Å². The van der Waals surface area contributed by atoms with E-state index in [1.807, 2.05) is 36.0 Å². The van der Waals surface area contributed by atoms with Gasteiger partial charge in [0.15, 0.2) is 0 Å². The van der Waals surface area contributed by atoms with E-state index >= 15 is 0 Å². The number of anilines is 1. The smallest absolute Gasteiger partial charge is 0.325 e. The second-order valence-corrected chi connectivity index (χ2v) is 7.59. The van der Waals surface area contributed by atoms with Crippen molar-refractivity contribution in [2.45, 2.75) is 42.4 Å². The third kappa shape index (κ3) is 4.42. The summed E-state index contributed by atoms with van der Waals surface area (Å²) in [5.74, 6) is -0.308. The lowest BCUT2D eigenvalue weighted by atomic mass is 10.3. The summed E-state index contributed by atoms with van der Waals surface area (Å²) in [4.78, 5) is 36.6. The van der Waals surface area contributed by atoms with Gasteiger partial charge in [0.25, 0.3) is 5.56 Å². The number of thioether (sulfide) groups is 1. The summed E-state index contributed by atoms with van der Waals surface area (Å²) in [7, 11) is 1.39. The van der Waals surface area contributed by atoms with Gasteiger partial charge in [-0.3, -0.25) is 18.7 Å². The van der Waals surface area contributed by atoms with Crippen LogP contribution in [0.1, 0.15) is 25.7 Å². The third-order valence-electron chi connectivity index (χ3n) is 4.32. The predicted octanol–water partition coefficient (Wildman–Crippen LogP) is 2.22. The molecule has 1 amide bonds. The Hall–Kier alpha value is -2.28. The summed E-state index contributed by atoms with van der Waals surface area (Å²) in [5.41, 5.74) is -0.207. The molecule has 1 aromatic heterocycles. The number of benzene rings is 1. The van der Waals surface area contributed by atoms with E-state index < -0.39 is 11.2 Å². The average Bonchev–Trinajstić information content (AvgIpc) is 3.10. The van der Waals surface area contributed by atoms with Crippen molar-refractivity contribution in [1.29, 1.82) is 0 Å². The molecule has 3 rings (SSSR count). The Morgan fingerprint density at radius 3 is 2.52 bits per heavy atom. The molecule has 1 N–H and O–H groups in total. The van der Waals surface area contributed by atoms with Crippen molar-refractivity contribution in [2.75, 3.05) is 5.32 Å². The van der Waals surface area contributed by atoms with Crippen LogP contribution in [0.15, 0.2) is 51.0 Å². The zero-order valence-corrected chi connectivity index (χ0v) is 14.9. The lowest BCUT2D eigenvalue weighted by molar-refractivity contribution is -0.116. The lowest BCUT2D eigenvalue weighted by Crippen LogP contribution is -2.38. The van der Waals surface area contributed by atoms with Crippen molar-refractivity contribution in [2.24, 2.45) is 7.05 Å². The normalized spacial score (nSPS) is 14.6. The van der Waals surface area contributed by atoms with Crippen molar-refractivity contribution in [3.05, 3.63) is 57.4 Å². The maximum atomic E-state index is 12.1. The van der Waals surface area contributed by atoms with Crippen molar-refractivity contribution >= 4 is 23.4 Å². The van der Waals surface area contributed by atoms with Crippen LogP contribution in [0.3, 0.4) is 0 Å². The first-order valence-electron chi connectivity index (χ1n) is 8.36. The Morgan fingerprint density at radius 2 is 1.84 bits per heavy atom. The first-order chi connectivity index (χ1) is 12.0. The van der Waals surface area contributed by atoms with Gasteiger partial charge in [0.05, 0.1) is 0 Å². The van der Waals surface area contributed by atoms with E-state index in [0.29, 0.717) is 10.9 Å². The fourth-order valence-electron chi connectivity index (χ4n) is 2.91. The largest absolute Gasteiger partial charge is 0.331 e. The summed E-state index contributed by atoms with van der Waals surface area (Å²) in [6, 6.07) is 9.04. The highest BCUT2D eigenvalue weighted by molar-refractivity contribution is 8.00. The predicted molar refractivity (Wildman–Crippen MR) is 99.1 cm³/mol. The Bertz CT molecular complexity index is 864. The molecule has 7 heteroatoms. The van der Waals surface area contributed by atoms with Gasteiger partial charge in [-0.15, -0.1) is 11.8 Å². The van der Waals surface area contributed by atoms with E-state index in [4.69, 9.17) is 0 Å². The molecule has 132 valence electrons. The van der Waals surface area contributed by atoms with Gasteiger partial charge in [-0.1, -0.05) is 12.8 Å². The topological polar surface area (TPSA) is 73.1 Å². The zero-order valence-electron chi connectivity index (χ0n) is 14.1. The number of amides is 1. The molecule has 0 bridgehead atoms. The molecule has 1 aliphatic rings. The Balaban J connectivity index is 1.60. The van der Waals surface area contributed by atoms with Crippen LogP contribution < -0.4 is 16.6 Å². The van der Waals surface area contributed by atoms with Crippen molar-refractivity contribution in [1.82, 2.24) is 9.13 Å². The Labute approximate surface area is 149 Å². The van der Waals surface area contributed by atoms with E-state index in [9.17, 15) is 14.4 Å². The second kappa shape index (κ2) is 7.74. The van der Waals surface area contributed by atoms with Gasteiger partial charge in [0, 0.05) is 35.1 Å². The van der Waals surface area contributed by atoms with Crippen LogP contribution in [-0.2, 0) is 18.4 Å². The molecule has 0 radical (unpaired) electrons. The van der Waals surface area contributed by atoms with E-state index in [1.165, 1.54) is 54.5 Å². The van der Waals surface area contributed by atoms with Crippen molar-refractivity contribution in [3.8, 4) is 0 Å². The molecule has 0 atom stereocenters. The number of aromatic nitrogens is 2. The number of hydrogen-bond donors (Lipinski definition) is 1. The molecule has 1 aliphatic carbocycles. The van der Waals surface area contributed by atoms with Gasteiger partial charge in [-0.05, 0) is 37.1 Å². The van der Waals surface area contributed by atoms with E-state index in [0.717, 1.165) is 4.57 Å². The minimum atomic E-state index is -0.508. The van der Waals surface area contributed by atoms with E-state index in [2.05, 4.69) is 5.32 Å². The second-order valence-electron chi connectivity index (χ2n) is 6.22. The van der Waals surface area contributed by atoms with Crippen LogP contribution in [0.4, 0.5) is 5.69 Å². The molecule has 6 nitrogen and oxygen atoms in total. The van der Waals surface area contributed by atoms with E-state index in [-0.39, 0.29) is 12.5 Å². The molecular weight excluding hydrogens is 338 g/mol. The number of hydrogen-bond acceptors (Lipinski definition) is 4. The summed E-state index contributed by atoms with van der Waals surface area (Å²) in [6.07, 6.45) is 6.52. The number of nitrogens with one attached hydrogen (secondary N) is 1. The molecule has 1 heterocycles. The summed E-state index contributed by atoms with van der Waals surface area (Å²) >= 11 is 1.90. The van der Waals surface area contributed by atoms with Gasteiger partial charge in [0.1, 0.15) is 6.54 Å². The fraction of sp³-hybridized carbons (Fsp3) is 0.389. The van der Waals surface area contributed by atoms with E-state index in [1.54, 1.807) is 0 Å². The zero-order chi connectivity index (χ0) is 17.8. The number of carbonyl (C=O) groups excluding carboxylic acids is 1. The highest BCUT2D eigenvalue weighted by Gasteiger charge is 2.16. The molecule has 0 saturated heterocycles.